The Morgan fingerprint density at radius 2 is 1.67 bits per heavy atom. The summed E-state index contributed by atoms with van der Waals surface area (Å²) in [6.07, 6.45) is 2.05. The fourth-order valence-electron chi connectivity index (χ4n) is 2.27. The standard InChI is InChI=1S/C20H22O4/c1-3-6-16-9-11-17(12-10-16)18(21)13-24-20(22)14-23-19-8-5-4-7-15(19)2/h4-5,7-12H,3,6,13-14H2,1-2H3. The van der Waals surface area contributed by atoms with Gasteiger partial charge >= 0.3 is 5.97 Å². The van der Waals surface area contributed by atoms with Gasteiger partial charge in [0.1, 0.15) is 5.75 Å². The maximum Gasteiger partial charge on any atom is 0.344 e. The van der Waals surface area contributed by atoms with E-state index in [1.807, 2.05) is 37.3 Å². The summed E-state index contributed by atoms with van der Waals surface area (Å²) in [6, 6.07) is 14.8. The maximum atomic E-state index is 12.0. The molecule has 0 unspecified atom stereocenters. The molecule has 0 bridgehead atoms. The molecule has 126 valence electrons. The van der Waals surface area contributed by atoms with Crippen LogP contribution in [0.25, 0.3) is 0 Å². The van der Waals surface area contributed by atoms with E-state index < -0.39 is 5.97 Å². The lowest BCUT2D eigenvalue weighted by Crippen LogP contribution is -2.19. The molecule has 0 N–H and O–H groups in total. The SMILES string of the molecule is CCCc1ccc(C(=O)COC(=O)COc2ccccc2C)cc1. The fourth-order valence-corrected chi connectivity index (χ4v) is 2.27. The number of carbonyl (C=O) groups is 2. The van der Waals surface area contributed by atoms with Crippen molar-refractivity contribution in [1.82, 2.24) is 0 Å². The van der Waals surface area contributed by atoms with E-state index >= 15 is 0 Å². The van der Waals surface area contributed by atoms with Gasteiger partial charge in [-0.2, -0.15) is 0 Å². The molecule has 0 aromatic heterocycles. The van der Waals surface area contributed by atoms with E-state index in [0.29, 0.717) is 11.3 Å². The molecule has 2 aromatic rings. The minimum atomic E-state index is -0.561. The van der Waals surface area contributed by atoms with Crippen LogP contribution >= 0.6 is 0 Å². The monoisotopic (exact) mass is 326 g/mol. The second-order valence-electron chi connectivity index (χ2n) is 5.58. The lowest BCUT2D eigenvalue weighted by molar-refractivity contribution is -0.144. The van der Waals surface area contributed by atoms with E-state index in [-0.39, 0.29) is 19.0 Å². The number of hydrogen-bond donors (Lipinski definition) is 0. The Balaban J connectivity index is 1.78. The molecular weight excluding hydrogens is 304 g/mol. The van der Waals surface area contributed by atoms with Crippen LogP contribution in [0.1, 0.15) is 34.8 Å². The summed E-state index contributed by atoms with van der Waals surface area (Å²) in [4.78, 5) is 23.7. The van der Waals surface area contributed by atoms with E-state index in [1.54, 1.807) is 18.2 Å². The number of rotatable bonds is 8. The molecule has 4 nitrogen and oxygen atoms in total. The van der Waals surface area contributed by atoms with E-state index in [9.17, 15) is 9.59 Å². The summed E-state index contributed by atoms with van der Waals surface area (Å²) in [5.74, 6) is -0.149. The molecule has 2 rings (SSSR count). The first-order valence-electron chi connectivity index (χ1n) is 8.06. The van der Waals surface area contributed by atoms with Crippen LogP contribution in [-0.2, 0) is 16.0 Å². The van der Waals surface area contributed by atoms with Crippen molar-refractivity contribution in [3.8, 4) is 5.75 Å². The molecule has 0 radical (unpaired) electrons. The predicted octanol–water partition coefficient (Wildman–Crippen LogP) is 3.75. The molecule has 0 saturated heterocycles. The Bertz CT molecular complexity index is 689. The molecule has 0 fully saturated rings. The molecule has 0 aliphatic heterocycles. The summed E-state index contributed by atoms with van der Waals surface area (Å²) >= 11 is 0. The van der Waals surface area contributed by atoms with E-state index in [4.69, 9.17) is 9.47 Å². The van der Waals surface area contributed by atoms with E-state index in [0.717, 1.165) is 18.4 Å². The molecule has 0 amide bonds. The van der Waals surface area contributed by atoms with Gasteiger partial charge < -0.3 is 9.47 Å². The minimum Gasteiger partial charge on any atom is -0.482 e. The van der Waals surface area contributed by atoms with Crippen molar-refractivity contribution in [2.75, 3.05) is 13.2 Å². The van der Waals surface area contributed by atoms with Gasteiger partial charge in [0.05, 0.1) is 0 Å². The highest BCUT2D eigenvalue weighted by Gasteiger charge is 2.11. The predicted molar refractivity (Wildman–Crippen MR) is 92.4 cm³/mol. The summed E-state index contributed by atoms with van der Waals surface area (Å²) in [6.45, 7) is 3.51. The highest BCUT2D eigenvalue weighted by molar-refractivity contribution is 5.98. The first-order chi connectivity index (χ1) is 11.6. The summed E-state index contributed by atoms with van der Waals surface area (Å²) < 4.78 is 10.4. The summed E-state index contributed by atoms with van der Waals surface area (Å²) in [5.41, 5.74) is 2.67. The van der Waals surface area contributed by atoms with Crippen LogP contribution in [0.5, 0.6) is 5.75 Å². The number of para-hydroxylation sites is 1. The third-order valence-corrected chi connectivity index (χ3v) is 3.62. The Morgan fingerprint density at radius 3 is 2.33 bits per heavy atom. The molecule has 0 heterocycles. The molecular formula is C20H22O4. The number of carbonyl (C=O) groups excluding carboxylic acids is 2. The average Bonchev–Trinajstić information content (AvgIpc) is 2.60. The van der Waals surface area contributed by atoms with Crippen LogP contribution < -0.4 is 4.74 Å². The largest absolute Gasteiger partial charge is 0.482 e. The third-order valence-electron chi connectivity index (χ3n) is 3.62. The molecule has 0 aliphatic carbocycles. The number of esters is 1. The van der Waals surface area contributed by atoms with Gasteiger partial charge in [0.25, 0.3) is 0 Å². The fraction of sp³-hybridized carbons (Fsp3) is 0.300. The Hall–Kier alpha value is -2.62. The van der Waals surface area contributed by atoms with Gasteiger partial charge in [0.2, 0.25) is 0 Å². The zero-order valence-electron chi connectivity index (χ0n) is 14.1. The van der Waals surface area contributed by atoms with Crippen molar-refractivity contribution in [3.05, 3.63) is 65.2 Å². The Morgan fingerprint density at radius 1 is 0.958 bits per heavy atom. The van der Waals surface area contributed by atoms with Crippen LogP contribution in [0.2, 0.25) is 0 Å². The number of Topliss-reactive ketones (excluding diaryl/α,β-unsaturated/α-hetero) is 1. The van der Waals surface area contributed by atoms with Crippen LogP contribution in [0.3, 0.4) is 0 Å². The first kappa shape index (κ1) is 17.7. The van der Waals surface area contributed by atoms with Gasteiger partial charge in [0, 0.05) is 5.56 Å². The summed E-state index contributed by atoms with van der Waals surface area (Å²) in [7, 11) is 0. The van der Waals surface area contributed by atoms with E-state index in [2.05, 4.69) is 6.92 Å². The zero-order chi connectivity index (χ0) is 17.4. The lowest BCUT2D eigenvalue weighted by atomic mass is 10.1. The second-order valence-corrected chi connectivity index (χ2v) is 5.58. The van der Waals surface area contributed by atoms with Gasteiger partial charge in [-0.25, -0.2) is 4.79 Å². The van der Waals surface area contributed by atoms with Crippen LogP contribution in [-0.4, -0.2) is 25.0 Å². The Kier molecular flexibility index (Phi) is 6.55. The zero-order valence-corrected chi connectivity index (χ0v) is 14.1. The molecule has 2 aromatic carbocycles. The maximum absolute atomic E-state index is 12.0. The van der Waals surface area contributed by atoms with Crippen molar-refractivity contribution in [2.45, 2.75) is 26.7 Å². The number of benzene rings is 2. The quantitative estimate of drug-likeness (QED) is 0.547. The van der Waals surface area contributed by atoms with Gasteiger partial charge in [-0.3, -0.25) is 4.79 Å². The van der Waals surface area contributed by atoms with E-state index in [1.165, 1.54) is 5.56 Å². The van der Waals surface area contributed by atoms with Crippen LogP contribution in [0.4, 0.5) is 0 Å². The van der Waals surface area contributed by atoms with Crippen molar-refractivity contribution in [2.24, 2.45) is 0 Å². The molecule has 0 aliphatic rings. The number of ketones is 1. The van der Waals surface area contributed by atoms with Gasteiger partial charge in [-0.1, -0.05) is 55.8 Å². The van der Waals surface area contributed by atoms with Crippen molar-refractivity contribution in [3.63, 3.8) is 0 Å². The van der Waals surface area contributed by atoms with Gasteiger partial charge in [0.15, 0.2) is 19.0 Å². The highest BCUT2D eigenvalue weighted by Crippen LogP contribution is 2.16. The van der Waals surface area contributed by atoms with Crippen molar-refractivity contribution in [1.29, 1.82) is 0 Å². The smallest absolute Gasteiger partial charge is 0.344 e. The van der Waals surface area contributed by atoms with Crippen molar-refractivity contribution < 1.29 is 19.1 Å². The number of ether oxygens (including phenoxy) is 2. The molecule has 24 heavy (non-hydrogen) atoms. The second kappa shape index (κ2) is 8.87. The lowest BCUT2D eigenvalue weighted by Gasteiger charge is -2.09. The topological polar surface area (TPSA) is 52.6 Å². The third kappa shape index (κ3) is 5.23. The number of hydrogen-bond acceptors (Lipinski definition) is 4. The summed E-state index contributed by atoms with van der Waals surface area (Å²) in [5, 5.41) is 0. The molecule has 4 heteroatoms. The van der Waals surface area contributed by atoms with Gasteiger partial charge in [-0.15, -0.1) is 0 Å². The highest BCUT2D eigenvalue weighted by atomic mass is 16.6. The van der Waals surface area contributed by atoms with Crippen LogP contribution in [0.15, 0.2) is 48.5 Å². The average molecular weight is 326 g/mol. The van der Waals surface area contributed by atoms with Crippen LogP contribution in [0, 0.1) is 6.92 Å². The van der Waals surface area contributed by atoms with Crippen molar-refractivity contribution >= 4 is 11.8 Å². The first-order valence-corrected chi connectivity index (χ1v) is 8.06. The molecule has 0 saturated carbocycles. The molecule has 0 atom stereocenters. The van der Waals surface area contributed by atoms with Gasteiger partial charge in [-0.05, 0) is 30.5 Å². The molecule has 0 spiro atoms. The Labute approximate surface area is 142 Å². The normalized spacial score (nSPS) is 10.2. The number of aryl methyl sites for hydroxylation is 2. The minimum absolute atomic E-state index is 0.215.